The molecule has 1 amide bonds. The number of nitrogens with one attached hydrogen (secondary N) is 2. The summed E-state index contributed by atoms with van der Waals surface area (Å²) in [4.78, 5) is 12.4. The van der Waals surface area contributed by atoms with Crippen molar-refractivity contribution < 1.29 is 13.2 Å². The van der Waals surface area contributed by atoms with Crippen molar-refractivity contribution in [3.63, 3.8) is 0 Å². The summed E-state index contributed by atoms with van der Waals surface area (Å²) in [6, 6.07) is 16.3. The summed E-state index contributed by atoms with van der Waals surface area (Å²) in [6.45, 7) is 0. The van der Waals surface area contributed by atoms with Crippen LogP contribution < -0.4 is 10.6 Å². The van der Waals surface area contributed by atoms with Gasteiger partial charge in [0.15, 0.2) is 5.11 Å². The molecule has 0 saturated heterocycles. The average Bonchev–Trinajstić information content (AvgIpc) is 2.78. The van der Waals surface area contributed by atoms with E-state index in [9.17, 15) is 13.2 Å². The monoisotopic (exact) mass is 459 g/mol. The van der Waals surface area contributed by atoms with E-state index in [0.717, 1.165) is 31.2 Å². The third-order valence-corrected chi connectivity index (χ3v) is 7.74. The maximum atomic E-state index is 12.9. The molecule has 0 atom stereocenters. The Labute approximate surface area is 190 Å². The Balaban J connectivity index is 1.52. The number of benzene rings is 2. The molecule has 1 aliphatic rings. The molecule has 1 saturated carbocycles. The fourth-order valence-corrected chi connectivity index (χ4v) is 5.42. The molecule has 6 nitrogen and oxygen atoms in total. The zero-order chi connectivity index (χ0) is 22.3. The first-order valence-electron chi connectivity index (χ1n) is 10.6. The molecule has 1 aliphatic carbocycles. The highest BCUT2D eigenvalue weighted by Gasteiger charge is 2.28. The summed E-state index contributed by atoms with van der Waals surface area (Å²) in [5, 5.41) is 5.78. The second-order valence-corrected chi connectivity index (χ2v) is 10.2. The Morgan fingerprint density at radius 3 is 2.32 bits per heavy atom. The van der Waals surface area contributed by atoms with Crippen LogP contribution >= 0.6 is 12.2 Å². The third kappa shape index (κ3) is 6.59. The number of carbonyl (C=O) groups is 1. The lowest BCUT2D eigenvalue weighted by atomic mass is 9.96. The van der Waals surface area contributed by atoms with Gasteiger partial charge in [0.1, 0.15) is 0 Å². The molecular formula is C23H29N3O3S2. The molecule has 2 aromatic carbocycles. The van der Waals surface area contributed by atoms with Gasteiger partial charge >= 0.3 is 0 Å². The molecule has 31 heavy (non-hydrogen) atoms. The highest BCUT2D eigenvalue weighted by atomic mass is 32.2. The lowest BCUT2D eigenvalue weighted by Crippen LogP contribution is -2.38. The number of anilines is 1. The van der Waals surface area contributed by atoms with Crippen molar-refractivity contribution in [2.24, 2.45) is 0 Å². The fraction of sp³-hybridized carbons (Fsp3) is 0.391. The maximum Gasteiger partial charge on any atom is 0.243 e. The number of carbonyl (C=O) groups excluding carboxylic acids is 1. The quantitative estimate of drug-likeness (QED) is 0.610. The van der Waals surface area contributed by atoms with E-state index in [1.165, 1.54) is 10.7 Å². The second-order valence-electron chi connectivity index (χ2n) is 7.83. The predicted octanol–water partition coefficient (Wildman–Crippen LogP) is 4.09. The topological polar surface area (TPSA) is 78.5 Å². The van der Waals surface area contributed by atoms with Gasteiger partial charge in [0.25, 0.3) is 0 Å². The minimum atomic E-state index is -3.53. The molecule has 0 bridgehead atoms. The Bertz CT molecular complexity index is 986. The van der Waals surface area contributed by atoms with Gasteiger partial charge in [-0.2, -0.15) is 4.31 Å². The van der Waals surface area contributed by atoms with Crippen LogP contribution in [0.5, 0.6) is 0 Å². The van der Waals surface area contributed by atoms with Crippen LogP contribution in [0.2, 0.25) is 0 Å². The smallest absolute Gasteiger partial charge is 0.243 e. The maximum absolute atomic E-state index is 12.9. The Hall–Kier alpha value is -2.29. The van der Waals surface area contributed by atoms with Crippen LogP contribution in [0.15, 0.2) is 59.5 Å². The Kier molecular flexibility index (Phi) is 8.17. The van der Waals surface area contributed by atoms with Crippen molar-refractivity contribution in [3.05, 3.63) is 60.2 Å². The number of thiocarbonyl (C=S) groups is 1. The summed E-state index contributed by atoms with van der Waals surface area (Å²) < 4.78 is 27.4. The normalized spacial score (nSPS) is 14.9. The minimum Gasteiger partial charge on any atom is -0.332 e. The summed E-state index contributed by atoms with van der Waals surface area (Å²) in [7, 11) is -1.87. The minimum absolute atomic E-state index is 0.0650. The Morgan fingerprint density at radius 2 is 1.68 bits per heavy atom. The second kappa shape index (κ2) is 10.8. The van der Waals surface area contributed by atoms with Crippen LogP contribution in [0.25, 0.3) is 0 Å². The molecule has 166 valence electrons. The molecule has 0 unspecified atom stereocenters. The van der Waals surface area contributed by atoms with Gasteiger partial charge in [0.2, 0.25) is 15.9 Å². The summed E-state index contributed by atoms with van der Waals surface area (Å²) in [5.74, 6) is -0.172. The summed E-state index contributed by atoms with van der Waals surface area (Å²) in [5.41, 5.74) is 1.71. The van der Waals surface area contributed by atoms with Crippen LogP contribution in [0, 0.1) is 0 Å². The number of nitrogens with zero attached hydrogens (tertiary/aromatic N) is 1. The highest BCUT2D eigenvalue weighted by Crippen LogP contribution is 2.27. The zero-order valence-corrected chi connectivity index (χ0v) is 19.3. The van der Waals surface area contributed by atoms with Crippen LogP contribution in [0.4, 0.5) is 5.69 Å². The van der Waals surface area contributed by atoms with Crippen LogP contribution in [-0.2, 0) is 21.2 Å². The molecule has 8 heteroatoms. The summed E-state index contributed by atoms with van der Waals surface area (Å²) in [6.07, 6.45) is 6.10. The van der Waals surface area contributed by atoms with Gasteiger partial charge in [0.05, 0.1) is 4.90 Å². The van der Waals surface area contributed by atoms with Crippen molar-refractivity contribution in [3.8, 4) is 0 Å². The van der Waals surface area contributed by atoms with Crippen molar-refractivity contribution in [1.29, 1.82) is 0 Å². The number of hydrogen-bond acceptors (Lipinski definition) is 4. The molecule has 1 fully saturated rings. The van der Waals surface area contributed by atoms with Gasteiger partial charge < -0.3 is 10.6 Å². The molecule has 3 rings (SSSR count). The van der Waals surface area contributed by atoms with Crippen molar-refractivity contribution in [2.45, 2.75) is 55.9 Å². The van der Waals surface area contributed by atoms with Crippen LogP contribution in [0.3, 0.4) is 0 Å². The predicted molar refractivity (Wildman–Crippen MR) is 127 cm³/mol. The van der Waals surface area contributed by atoms with E-state index >= 15 is 0 Å². The fourth-order valence-electron chi connectivity index (χ4n) is 3.77. The molecule has 0 radical (unpaired) electrons. The number of sulfonamides is 1. The molecule has 0 aliphatic heterocycles. The lowest BCUT2D eigenvalue weighted by molar-refractivity contribution is -0.119. The average molecular weight is 460 g/mol. The highest BCUT2D eigenvalue weighted by molar-refractivity contribution is 7.89. The molecule has 0 heterocycles. The van der Waals surface area contributed by atoms with Crippen molar-refractivity contribution in [1.82, 2.24) is 9.62 Å². The van der Waals surface area contributed by atoms with E-state index in [2.05, 4.69) is 10.6 Å². The standard InChI is InChI=1S/C23H29N3O3S2/c1-26(20-10-6-3-7-11-20)31(28,29)21-15-13-19(14-16-21)24-23(30)25-22(27)17-12-18-8-4-2-5-9-18/h2,4-5,8-9,13-16,20H,3,6-7,10-12,17H2,1H3,(H2,24,25,27,30). The number of hydrogen-bond donors (Lipinski definition) is 2. The molecule has 0 aromatic heterocycles. The van der Waals surface area contributed by atoms with E-state index in [4.69, 9.17) is 12.2 Å². The number of amides is 1. The van der Waals surface area contributed by atoms with E-state index in [0.29, 0.717) is 18.5 Å². The molecule has 0 spiro atoms. The van der Waals surface area contributed by atoms with Gasteiger partial charge in [-0.05, 0) is 61.3 Å². The number of aryl methyl sites for hydroxylation is 1. The summed E-state index contributed by atoms with van der Waals surface area (Å²) >= 11 is 5.21. The van der Waals surface area contributed by atoms with Gasteiger partial charge in [-0.3, -0.25) is 4.79 Å². The first-order chi connectivity index (χ1) is 14.9. The van der Waals surface area contributed by atoms with Crippen molar-refractivity contribution in [2.75, 3.05) is 12.4 Å². The first-order valence-corrected chi connectivity index (χ1v) is 12.4. The van der Waals surface area contributed by atoms with Crippen LogP contribution in [0.1, 0.15) is 44.1 Å². The van der Waals surface area contributed by atoms with E-state index in [1.54, 1.807) is 31.3 Å². The van der Waals surface area contributed by atoms with E-state index in [1.807, 2.05) is 30.3 Å². The van der Waals surface area contributed by atoms with Gasteiger partial charge in [0, 0.05) is 25.2 Å². The van der Waals surface area contributed by atoms with E-state index < -0.39 is 10.0 Å². The first kappa shape index (κ1) is 23.4. The Morgan fingerprint density at radius 1 is 1.03 bits per heavy atom. The van der Waals surface area contributed by atoms with Gasteiger partial charge in [-0.15, -0.1) is 0 Å². The van der Waals surface area contributed by atoms with E-state index in [-0.39, 0.29) is 22.0 Å². The van der Waals surface area contributed by atoms with Crippen LogP contribution in [-0.4, -0.2) is 36.8 Å². The van der Waals surface area contributed by atoms with Gasteiger partial charge in [-0.1, -0.05) is 49.6 Å². The SMILES string of the molecule is CN(C1CCCCC1)S(=O)(=O)c1ccc(NC(=S)NC(=O)CCc2ccccc2)cc1. The van der Waals surface area contributed by atoms with Crippen molar-refractivity contribution >= 4 is 38.9 Å². The molecule has 2 aromatic rings. The molecule has 2 N–H and O–H groups in total. The third-order valence-electron chi connectivity index (χ3n) is 5.61. The zero-order valence-electron chi connectivity index (χ0n) is 17.7. The number of rotatable bonds is 7. The largest absolute Gasteiger partial charge is 0.332 e. The molecular weight excluding hydrogens is 430 g/mol. The lowest BCUT2D eigenvalue weighted by Gasteiger charge is -2.30. The van der Waals surface area contributed by atoms with Gasteiger partial charge in [-0.25, -0.2) is 8.42 Å².